The number of pyridine rings is 1. The molecular weight excluding hydrogens is 222 g/mol. The number of fused-ring (bicyclic) bond motifs is 1. The fourth-order valence-corrected chi connectivity index (χ4v) is 2.03. The van der Waals surface area contributed by atoms with Crippen LogP contribution in [0.4, 0.5) is 0 Å². The highest BCUT2D eigenvalue weighted by Crippen LogP contribution is 2.20. The Labute approximate surface area is 100 Å². The predicted molar refractivity (Wildman–Crippen MR) is 66.6 cm³/mol. The van der Waals surface area contributed by atoms with Crippen molar-refractivity contribution in [2.75, 3.05) is 0 Å². The maximum Gasteiger partial charge on any atom is 0.155 e. The van der Waals surface area contributed by atoms with E-state index in [-0.39, 0.29) is 0 Å². The molecule has 86 valence electrons. The zero-order valence-electron chi connectivity index (χ0n) is 9.57. The number of hydrogen-bond donors (Lipinski definition) is 1. The van der Waals surface area contributed by atoms with Gasteiger partial charge in [0.2, 0.25) is 0 Å². The van der Waals surface area contributed by atoms with Crippen molar-refractivity contribution in [3.8, 4) is 0 Å². The maximum absolute atomic E-state index is 6.09. The van der Waals surface area contributed by atoms with Crippen molar-refractivity contribution in [3.05, 3.63) is 34.9 Å². The molecule has 0 unspecified atom stereocenters. The number of hydrogen-bond acceptors (Lipinski definition) is 2. The monoisotopic (exact) mass is 237 g/mol. The molecule has 2 aromatic heterocycles. The average molecular weight is 238 g/mol. The predicted octanol–water partition coefficient (Wildman–Crippen LogP) is 2.64. The first-order valence-corrected chi connectivity index (χ1v) is 5.85. The van der Waals surface area contributed by atoms with Crippen LogP contribution in [-0.4, -0.2) is 9.38 Å². The summed E-state index contributed by atoms with van der Waals surface area (Å²) in [7, 11) is 0. The molecule has 0 aliphatic heterocycles. The van der Waals surface area contributed by atoms with Gasteiger partial charge in [-0.25, -0.2) is 4.98 Å². The van der Waals surface area contributed by atoms with Gasteiger partial charge >= 0.3 is 0 Å². The molecule has 3 nitrogen and oxygen atoms in total. The molecule has 2 N–H and O–H groups in total. The fourth-order valence-electron chi connectivity index (χ4n) is 1.78. The number of nitrogens with two attached hydrogens (primary N) is 1. The summed E-state index contributed by atoms with van der Waals surface area (Å²) in [5, 5.41) is 0.569. The van der Waals surface area contributed by atoms with Gasteiger partial charge < -0.3 is 10.1 Å². The molecular formula is C12H16ClN3. The molecule has 0 aromatic carbocycles. The van der Waals surface area contributed by atoms with E-state index in [0.29, 0.717) is 17.6 Å². The molecule has 16 heavy (non-hydrogen) atoms. The van der Waals surface area contributed by atoms with E-state index >= 15 is 0 Å². The minimum absolute atomic E-state index is 0.535. The number of halogens is 1. The van der Waals surface area contributed by atoms with Crippen molar-refractivity contribution < 1.29 is 0 Å². The molecule has 4 heteroatoms. The molecule has 0 atom stereocenters. The Kier molecular flexibility index (Phi) is 3.17. The Hall–Kier alpha value is -1.06. The lowest BCUT2D eigenvalue weighted by molar-refractivity contribution is 0.619. The van der Waals surface area contributed by atoms with E-state index in [1.807, 2.05) is 22.7 Å². The molecule has 0 bridgehead atoms. The SMILES string of the molecule is CC(C)Cc1nc(Cl)c2ccc(CN)cn12. The smallest absolute Gasteiger partial charge is 0.155 e. The minimum Gasteiger partial charge on any atom is -0.326 e. The zero-order valence-corrected chi connectivity index (χ0v) is 10.3. The highest BCUT2D eigenvalue weighted by Gasteiger charge is 2.10. The summed E-state index contributed by atoms with van der Waals surface area (Å²) >= 11 is 6.09. The number of rotatable bonds is 3. The summed E-state index contributed by atoms with van der Waals surface area (Å²) in [4.78, 5) is 4.39. The Balaban J connectivity index is 2.56. The fraction of sp³-hybridized carbons (Fsp3) is 0.417. The largest absolute Gasteiger partial charge is 0.326 e. The lowest BCUT2D eigenvalue weighted by Gasteiger charge is -2.05. The van der Waals surface area contributed by atoms with Crippen molar-refractivity contribution in [1.29, 1.82) is 0 Å². The molecule has 0 radical (unpaired) electrons. The second-order valence-electron chi connectivity index (χ2n) is 4.41. The van der Waals surface area contributed by atoms with Crippen LogP contribution in [0.15, 0.2) is 18.3 Å². The second-order valence-corrected chi connectivity index (χ2v) is 4.77. The van der Waals surface area contributed by atoms with Gasteiger partial charge in [0.05, 0.1) is 5.52 Å². The van der Waals surface area contributed by atoms with Crippen molar-refractivity contribution in [2.24, 2.45) is 11.7 Å². The summed E-state index contributed by atoms with van der Waals surface area (Å²) in [6.07, 6.45) is 2.94. The Morgan fingerprint density at radius 1 is 1.44 bits per heavy atom. The van der Waals surface area contributed by atoms with Crippen LogP contribution in [0.3, 0.4) is 0 Å². The van der Waals surface area contributed by atoms with Gasteiger partial charge in [0, 0.05) is 19.2 Å². The van der Waals surface area contributed by atoms with E-state index in [1.54, 1.807) is 0 Å². The number of aromatic nitrogens is 2. The van der Waals surface area contributed by atoms with E-state index in [9.17, 15) is 0 Å². The van der Waals surface area contributed by atoms with Gasteiger partial charge in [-0.15, -0.1) is 0 Å². The quantitative estimate of drug-likeness (QED) is 0.892. The van der Waals surface area contributed by atoms with Gasteiger partial charge in [0.15, 0.2) is 5.15 Å². The van der Waals surface area contributed by atoms with Gasteiger partial charge in [0.1, 0.15) is 5.82 Å². The van der Waals surface area contributed by atoms with Crippen molar-refractivity contribution in [1.82, 2.24) is 9.38 Å². The highest BCUT2D eigenvalue weighted by molar-refractivity contribution is 6.32. The summed E-state index contributed by atoms with van der Waals surface area (Å²) in [6, 6.07) is 3.96. The molecule has 2 aromatic rings. The van der Waals surface area contributed by atoms with Crippen LogP contribution in [0.25, 0.3) is 5.52 Å². The standard InChI is InChI=1S/C12H16ClN3/c1-8(2)5-11-15-12(13)10-4-3-9(6-14)7-16(10)11/h3-4,7-8H,5-6,14H2,1-2H3. The van der Waals surface area contributed by atoms with E-state index in [1.165, 1.54) is 0 Å². The molecule has 0 amide bonds. The van der Waals surface area contributed by atoms with Crippen LogP contribution >= 0.6 is 11.6 Å². The minimum atomic E-state index is 0.535. The lowest BCUT2D eigenvalue weighted by atomic mass is 10.1. The third-order valence-corrected chi connectivity index (χ3v) is 2.83. The Morgan fingerprint density at radius 2 is 2.19 bits per heavy atom. The normalized spacial score (nSPS) is 11.6. The van der Waals surface area contributed by atoms with Crippen molar-refractivity contribution in [3.63, 3.8) is 0 Å². The van der Waals surface area contributed by atoms with E-state index in [2.05, 4.69) is 18.8 Å². The maximum atomic E-state index is 6.09. The Morgan fingerprint density at radius 3 is 2.81 bits per heavy atom. The lowest BCUT2D eigenvalue weighted by Crippen LogP contribution is -2.03. The first-order valence-electron chi connectivity index (χ1n) is 5.47. The molecule has 0 saturated carbocycles. The summed E-state index contributed by atoms with van der Waals surface area (Å²) < 4.78 is 2.05. The highest BCUT2D eigenvalue weighted by atomic mass is 35.5. The topological polar surface area (TPSA) is 43.3 Å². The van der Waals surface area contributed by atoms with Crippen molar-refractivity contribution >= 4 is 17.1 Å². The Bertz CT molecular complexity index is 502. The van der Waals surface area contributed by atoms with Crippen LogP contribution in [-0.2, 0) is 13.0 Å². The molecule has 0 fully saturated rings. The van der Waals surface area contributed by atoms with E-state index in [4.69, 9.17) is 17.3 Å². The van der Waals surface area contributed by atoms with Crippen LogP contribution in [0.5, 0.6) is 0 Å². The van der Waals surface area contributed by atoms with Gasteiger partial charge in [-0.3, -0.25) is 0 Å². The first-order chi connectivity index (χ1) is 7.61. The summed E-state index contributed by atoms with van der Waals surface area (Å²) in [6.45, 7) is 4.87. The molecule has 0 aliphatic carbocycles. The number of nitrogens with zero attached hydrogens (tertiary/aromatic N) is 2. The summed E-state index contributed by atoms with van der Waals surface area (Å²) in [5.74, 6) is 1.56. The van der Waals surface area contributed by atoms with E-state index < -0.39 is 0 Å². The van der Waals surface area contributed by atoms with Crippen LogP contribution in [0, 0.1) is 5.92 Å². The third kappa shape index (κ3) is 2.06. The average Bonchev–Trinajstić information content (AvgIpc) is 2.54. The van der Waals surface area contributed by atoms with Crippen LogP contribution in [0.2, 0.25) is 5.15 Å². The number of imidazole rings is 1. The van der Waals surface area contributed by atoms with Gasteiger partial charge in [-0.05, 0) is 17.5 Å². The zero-order chi connectivity index (χ0) is 11.7. The molecule has 0 spiro atoms. The third-order valence-electron chi connectivity index (χ3n) is 2.55. The molecule has 0 aliphatic rings. The van der Waals surface area contributed by atoms with Crippen LogP contribution in [0.1, 0.15) is 25.2 Å². The van der Waals surface area contributed by atoms with Crippen LogP contribution < -0.4 is 5.73 Å². The van der Waals surface area contributed by atoms with Gasteiger partial charge in [0.25, 0.3) is 0 Å². The molecule has 2 rings (SSSR count). The van der Waals surface area contributed by atoms with Gasteiger partial charge in [-0.2, -0.15) is 0 Å². The van der Waals surface area contributed by atoms with E-state index in [0.717, 1.165) is 23.3 Å². The van der Waals surface area contributed by atoms with Crippen molar-refractivity contribution in [2.45, 2.75) is 26.8 Å². The molecule has 0 saturated heterocycles. The first kappa shape index (κ1) is 11.4. The second kappa shape index (κ2) is 4.44. The van der Waals surface area contributed by atoms with Gasteiger partial charge in [-0.1, -0.05) is 31.5 Å². The molecule has 2 heterocycles. The summed E-state index contributed by atoms with van der Waals surface area (Å²) in [5.41, 5.74) is 7.67.